The van der Waals surface area contributed by atoms with E-state index in [1.165, 1.54) is 16.9 Å². The highest BCUT2D eigenvalue weighted by molar-refractivity contribution is 7.14. The Morgan fingerprint density at radius 1 is 1.28 bits per heavy atom. The molecule has 3 aromatic rings. The summed E-state index contributed by atoms with van der Waals surface area (Å²) < 4.78 is 2.15. The Bertz CT molecular complexity index is 1080. The average Bonchev–Trinajstić information content (AvgIpc) is 3.23. The van der Waals surface area contributed by atoms with Crippen molar-refractivity contribution in [2.45, 2.75) is 40.0 Å². The highest BCUT2D eigenvalue weighted by Gasteiger charge is 2.20. The first kappa shape index (κ1) is 19.9. The fraction of sp³-hybridized carbons (Fsp3) is 0.304. The van der Waals surface area contributed by atoms with Crippen LogP contribution in [0, 0.1) is 19.8 Å². The third kappa shape index (κ3) is 4.16. The second kappa shape index (κ2) is 8.17. The second-order valence-electron chi connectivity index (χ2n) is 7.74. The van der Waals surface area contributed by atoms with Gasteiger partial charge in [-0.05, 0) is 81.0 Å². The van der Waals surface area contributed by atoms with Crippen LogP contribution in [0.2, 0.25) is 5.02 Å². The van der Waals surface area contributed by atoms with Crippen molar-refractivity contribution in [1.29, 1.82) is 0 Å². The topological polar surface area (TPSA) is 46.4 Å². The van der Waals surface area contributed by atoms with Crippen molar-refractivity contribution < 1.29 is 4.79 Å². The molecule has 1 amide bonds. The zero-order chi connectivity index (χ0) is 20.5. The number of aromatic nitrogens is 1. The summed E-state index contributed by atoms with van der Waals surface area (Å²) in [6.45, 7) is 6.36. The predicted molar refractivity (Wildman–Crippen MR) is 121 cm³/mol. The van der Waals surface area contributed by atoms with Gasteiger partial charge < -0.3 is 4.57 Å². The molecule has 0 radical (unpaired) electrons. The van der Waals surface area contributed by atoms with Crippen LogP contribution in [0.25, 0.3) is 5.69 Å². The fourth-order valence-corrected chi connectivity index (χ4v) is 5.16. The number of fused-ring (bicyclic) bond motifs is 1. The van der Waals surface area contributed by atoms with E-state index in [0.717, 1.165) is 40.4 Å². The van der Waals surface area contributed by atoms with E-state index in [0.29, 0.717) is 10.9 Å². The fourth-order valence-electron chi connectivity index (χ4n) is 3.94. The van der Waals surface area contributed by atoms with Gasteiger partial charge in [-0.1, -0.05) is 18.5 Å². The number of carbonyl (C=O) groups excluding carboxylic acids is 1. The number of nitrogens with zero attached hydrogens (tertiary/aromatic N) is 2. The van der Waals surface area contributed by atoms with Crippen LogP contribution in [-0.4, -0.2) is 16.7 Å². The molecule has 1 aromatic carbocycles. The van der Waals surface area contributed by atoms with Crippen LogP contribution in [0.4, 0.5) is 0 Å². The molecule has 1 aliphatic carbocycles. The lowest BCUT2D eigenvalue weighted by Crippen LogP contribution is -2.16. The van der Waals surface area contributed by atoms with Gasteiger partial charge in [-0.25, -0.2) is 5.43 Å². The highest BCUT2D eigenvalue weighted by Crippen LogP contribution is 2.32. The van der Waals surface area contributed by atoms with E-state index in [1.807, 2.05) is 37.3 Å². The molecule has 0 bridgehead atoms. The number of hydrazone groups is 1. The second-order valence-corrected chi connectivity index (χ2v) is 9.32. The normalized spacial score (nSPS) is 16.2. The number of halogens is 1. The molecule has 1 aliphatic rings. The smallest absolute Gasteiger partial charge is 0.281 e. The van der Waals surface area contributed by atoms with Gasteiger partial charge in [0.2, 0.25) is 0 Å². The Kier molecular flexibility index (Phi) is 5.61. The zero-order valence-electron chi connectivity index (χ0n) is 16.8. The van der Waals surface area contributed by atoms with E-state index in [1.54, 1.807) is 17.6 Å². The number of aryl methyl sites for hydroxylation is 2. The molecule has 0 saturated carbocycles. The van der Waals surface area contributed by atoms with Crippen molar-refractivity contribution in [2.75, 3.05) is 0 Å². The first-order chi connectivity index (χ1) is 13.9. The van der Waals surface area contributed by atoms with Gasteiger partial charge in [0.15, 0.2) is 0 Å². The molecule has 4 rings (SSSR count). The van der Waals surface area contributed by atoms with Crippen LogP contribution in [0.15, 0.2) is 41.5 Å². The van der Waals surface area contributed by atoms with Gasteiger partial charge in [0.1, 0.15) is 0 Å². The molecule has 0 spiro atoms. The summed E-state index contributed by atoms with van der Waals surface area (Å²) in [5.41, 5.74) is 8.18. The van der Waals surface area contributed by atoms with E-state index in [-0.39, 0.29) is 5.91 Å². The maximum Gasteiger partial charge on any atom is 0.281 e. The van der Waals surface area contributed by atoms with Gasteiger partial charge >= 0.3 is 0 Å². The number of hydrogen-bond donors (Lipinski definition) is 1. The molecule has 2 aromatic heterocycles. The standard InChI is InChI=1S/C23H24ClN3OS/c1-14-4-9-21-17(10-14)12-22(29-21)23(28)26-25-13-18-11-15(2)27(16(18)3)20-7-5-19(24)6-8-20/h5-8,11-14H,4,9-10H2,1-3H3,(H,26,28). The Labute approximate surface area is 180 Å². The summed E-state index contributed by atoms with van der Waals surface area (Å²) in [6, 6.07) is 11.8. The van der Waals surface area contributed by atoms with Gasteiger partial charge in [0.25, 0.3) is 5.91 Å². The molecule has 0 saturated heterocycles. The highest BCUT2D eigenvalue weighted by atomic mass is 35.5. The summed E-state index contributed by atoms with van der Waals surface area (Å²) in [6.07, 6.45) is 5.06. The lowest BCUT2D eigenvalue weighted by atomic mass is 9.90. The number of benzene rings is 1. The molecule has 1 atom stereocenters. The van der Waals surface area contributed by atoms with Gasteiger partial charge in [-0.3, -0.25) is 4.79 Å². The first-order valence-corrected chi connectivity index (χ1v) is 11.0. The molecule has 1 N–H and O–H groups in total. The van der Waals surface area contributed by atoms with Crippen molar-refractivity contribution in [3.05, 3.63) is 73.7 Å². The molecule has 6 heteroatoms. The van der Waals surface area contributed by atoms with Gasteiger partial charge in [-0.2, -0.15) is 5.10 Å². The van der Waals surface area contributed by atoms with Crippen molar-refractivity contribution in [2.24, 2.45) is 11.0 Å². The van der Waals surface area contributed by atoms with Gasteiger partial charge in [0.05, 0.1) is 11.1 Å². The predicted octanol–water partition coefficient (Wildman–Crippen LogP) is 5.70. The van der Waals surface area contributed by atoms with Crippen LogP contribution >= 0.6 is 22.9 Å². The van der Waals surface area contributed by atoms with Crippen LogP contribution in [-0.2, 0) is 12.8 Å². The molecule has 2 heterocycles. The third-order valence-electron chi connectivity index (χ3n) is 5.48. The number of carbonyl (C=O) groups is 1. The van der Waals surface area contributed by atoms with Crippen LogP contribution in [0.3, 0.4) is 0 Å². The lowest BCUT2D eigenvalue weighted by Gasteiger charge is -2.16. The maximum absolute atomic E-state index is 12.5. The van der Waals surface area contributed by atoms with E-state index in [9.17, 15) is 4.79 Å². The van der Waals surface area contributed by atoms with E-state index in [2.05, 4.69) is 35.0 Å². The minimum absolute atomic E-state index is 0.139. The number of thiophene rings is 1. The van der Waals surface area contributed by atoms with E-state index >= 15 is 0 Å². The Morgan fingerprint density at radius 3 is 2.79 bits per heavy atom. The summed E-state index contributed by atoms with van der Waals surface area (Å²) in [5, 5.41) is 4.92. The molecule has 1 unspecified atom stereocenters. The van der Waals surface area contributed by atoms with Crippen LogP contribution in [0.5, 0.6) is 0 Å². The SMILES string of the molecule is Cc1cc(C=NNC(=O)c2cc3c(s2)CCC(C)C3)c(C)n1-c1ccc(Cl)cc1. The molecule has 150 valence electrons. The van der Waals surface area contributed by atoms with Gasteiger partial charge in [0, 0.05) is 32.5 Å². The molecule has 0 aliphatic heterocycles. The summed E-state index contributed by atoms with van der Waals surface area (Å²) in [4.78, 5) is 14.6. The minimum Gasteiger partial charge on any atom is -0.318 e. The number of rotatable bonds is 4. The monoisotopic (exact) mass is 425 g/mol. The van der Waals surface area contributed by atoms with E-state index < -0.39 is 0 Å². The Hall–Kier alpha value is -2.37. The lowest BCUT2D eigenvalue weighted by molar-refractivity contribution is 0.0959. The number of hydrogen-bond acceptors (Lipinski definition) is 3. The summed E-state index contributed by atoms with van der Waals surface area (Å²) in [5.74, 6) is 0.557. The summed E-state index contributed by atoms with van der Waals surface area (Å²) >= 11 is 7.60. The molecule has 0 fully saturated rings. The zero-order valence-corrected chi connectivity index (χ0v) is 18.4. The average molecular weight is 426 g/mol. The van der Waals surface area contributed by atoms with E-state index in [4.69, 9.17) is 11.6 Å². The van der Waals surface area contributed by atoms with Crippen LogP contribution < -0.4 is 5.43 Å². The maximum atomic E-state index is 12.5. The Morgan fingerprint density at radius 2 is 2.03 bits per heavy atom. The quantitative estimate of drug-likeness (QED) is 0.423. The van der Waals surface area contributed by atoms with Crippen molar-refractivity contribution >= 4 is 35.1 Å². The Balaban J connectivity index is 1.48. The first-order valence-electron chi connectivity index (χ1n) is 9.82. The number of nitrogens with one attached hydrogen (secondary N) is 1. The third-order valence-corrected chi connectivity index (χ3v) is 6.97. The molecular formula is C23H24ClN3OS. The molecule has 4 nitrogen and oxygen atoms in total. The van der Waals surface area contributed by atoms with Gasteiger partial charge in [-0.15, -0.1) is 11.3 Å². The molecular weight excluding hydrogens is 402 g/mol. The van der Waals surface area contributed by atoms with Crippen molar-refractivity contribution in [3.8, 4) is 5.69 Å². The summed E-state index contributed by atoms with van der Waals surface area (Å²) in [7, 11) is 0. The van der Waals surface area contributed by atoms with Crippen molar-refractivity contribution in [1.82, 2.24) is 9.99 Å². The van der Waals surface area contributed by atoms with Crippen molar-refractivity contribution in [3.63, 3.8) is 0 Å². The number of amides is 1. The minimum atomic E-state index is -0.139. The molecule has 29 heavy (non-hydrogen) atoms. The largest absolute Gasteiger partial charge is 0.318 e. The van der Waals surface area contributed by atoms with Crippen LogP contribution in [0.1, 0.15) is 50.4 Å².